The number of benzene rings is 2. The average molecular weight is 387 g/mol. The SMILES string of the molecule is Cc1ccc(S(C)(=O)=O)cc1C(=O)N1CC(C(=O)O)C(c2ccccc2)C1. The molecule has 1 heterocycles. The first kappa shape index (κ1) is 19.1. The van der Waals surface area contributed by atoms with Gasteiger partial charge in [0.15, 0.2) is 9.84 Å². The van der Waals surface area contributed by atoms with Crippen molar-refractivity contribution in [3.8, 4) is 0 Å². The molecule has 0 aliphatic carbocycles. The molecule has 0 aromatic heterocycles. The number of aliphatic carboxylic acids is 1. The Balaban J connectivity index is 1.93. The maximum atomic E-state index is 13.0. The highest BCUT2D eigenvalue weighted by atomic mass is 32.2. The lowest BCUT2D eigenvalue weighted by Crippen LogP contribution is -2.30. The largest absolute Gasteiger partial charge is 0.481 e. The van der Waals surface area contributed by atoms with Crippen molar-refractivity contribution in [1.29, 1.82) is 0 Å². The molecule has 0 saturated carbocycles. The van der Waals surface area contributed by atoms with E-state index in [4.69, 9.17) is 0 Å². The number of carboxylic acid groups (broad SMARTS) is 1. The number of likely N-dealkylation sites (tertiary alicyclic amines) is 1. The third-order valence-electron chi connectivity index (χ3n) is 5.02. The molecule has 1 N–H and O–H groups in total. The van der Waals surface area contributed by atoms with Crippen LogP contribution < -0.4 is 0 Å². The van der Waals surface area contributed by atoms with Crippen molar-refractivity contribution in [2.45, 2.75) is 17.7 Å². The fourth-order valence-corrected chi connectivity index (χ4v) is 4.14. The topological polar surface area (TPSA) is 91.8 Å². The first-order chi connectivity index (χ1) is 12.7. The molecule has 3 rings (SSSR count). The summed E-state index contributed by atoms with van der Waals surface area (Å²) in [5.74, 6) is -2.29. The first-order valence-electron chi connectivity index (χ1n) is 8.56. The van der Waals surface area contributed by atoms with Crippen LogP contribution in [0.25, 0.3) is 0 Å². The third kappa shape index (κ3) is 3.88. The second-order valence-corrected chi connectivity index (χ2v) is 8.94. The van der Waals surface area contributed by atoms with Crippen molar-refractivity contribution in [2.24, 2.45) is 5.92 Å². The molecule has 6 nitrogen and oxygen atoms in total. The average Bonchev–Trinajstić information content (AvgIpc) is 3.07. The number of hydrogen-bond donors (Lipinski definition) is 1. The number of aryl methyl sites for hydroxylation is 1. The van der Waals surface area contributed by atoms with Gasteiger partial charge in [-0.2, -0.15) is 0 Å². The number of carboxylic acids is 1. The molecule has 142 valence electrons. The van der Waals surface area contributed by atoms with E-state index in [-0.39, 0.29) is 35.4 Å². The summed E-state index contributed by atoms with van der Waals surface area (Å²) in [6.45, 7) is 2.11. The summed E-state index contributed by atoms with van der Waals surface area (Å²) in [6.07, 6.45) is 1.09. The highest BCUT2D eigenvalue weighted by Gasteiger charge is 2.40. The van der Waals surface area contributed by atoms with E-state index in [0.717, 1.165) is 11.8 Å². The van der Waals surface area contributed by atoms with Gasteiger partial charge < -0.3 is 10.0 Å². The second kappa shape index (κ2) is 7.15. The van der Waals surface area contributed by atoms with Crippen LogP contribution in [0.3, 0.4) is 0 Å². The molecule has 1 amide bonds. The minimum atomic E-state index is -3.44. The monoisotopic (exact) mass is 387 g/mol. The Bertz CT molecular complexity index is 985. The molecule has 2 aromatic carbocycles. The summed E-state index contributed by atoms with van der Waals surface area (Å²) in [7, 11) is -3.44. The molecule has 7 heteroatoms. The van der Waals surface area contributed by atoms with Gasteiger partial charge in [0.25, 0.3) is 5.91 Å². The highest BCUT2D eigenvalue weighted by Crippen LogP contribution is 2.34. The zero-order valence-corrected chi connectivity index (χ0v) is 15.9. The number of hydrogen-bond acceptors (Lipinski definition) is 4. The van der Waals surface area contributed by atoms with E-state index in [9.17, 15) is 23.1 Å². The van der Waals surface area contributed by atoms with Crippen molar-refractivity contribution in [3.05, 3.63) is 65.2 Å². The van der Waals surface area contributed by atoms with Crippen LogP contribution in [0.2, 0.25) is 0 Å². The molecule has 2 unspecified atom stereocenters. The number of amides is 1. The smallest absolute Gasteiger partial charge is 0.308 e. The van der Waals surface area contributed by atoms with Gasteiger partial charge in [-0.05, 0) is 30.2 Å². The highest BCUT2D eigenvalue weighted by molar-refractivity contribution is 7.90. The molecule has 2 aromatic rings. The summed E-state index contributed by atoms with van der Waals surface area (Å²) in [4.78, 5) is 26.3. The van der Waals surface area contributed by atoms with Crippen molar-refractivity contribution >= 4 is 21.7 Å². The number of rotatable bonds is 4. The Labute approximate surface area is 158 Å². The second-order valence-electron chi connectivity index (χ2n) is 6.92. The van der Waals surface area contributed by atoms with Crippen LogP contribution >= 0.6 is 0 Å². The Morgan fingerprint density at radius 2 is 1.74 bits per heavy atom. The van der Waals surface area contributed by atoms with Crippen LogP contribution in [0.15, 0.2) is 53.4 Å². The van der Waals surface area contributed by atoms with Crippen molar-refractivity contribution in [1.82, 2.24) is 4.90 Å². The standard InChI is InChI=1S/C20H21NO5S/c1-13-8-9-15(27(2,25)26)10-16(13)19(22)21-11-17(18(12-21)20(23)24)14-6-4-3-5-7-14/h3-10,17-18H,11-12H2,1-2H3,(H,23,24). The maximum Gasteiger partial charge on any atom is 0.308 e. The lowest BCUT2D eigenvalue weighted by molar-refractivity contribution is -0.141. The van der Waals surface area contributed by atoms with Gasteiger partial charge in [0, 0.05) is 30.8 Å². The Morgan fingerprint density at radius 3 is 2.33 bits per heavy atom. The van der Waals surface area contributed by atoms with E-state index in [0.29, 0.717) is 5.56 Å². The first-order valence-corrected chi connectivity index (χ1v) is 10.5. The van der Waals surface area contributed by atoms with E-state index in [1.165, 1.54) is 17.0 Å². The predicted molar refractivity (Wildman–Crippen MR) is 101 cm³/mol. The molecule has 1 aliphatic rings. The fourth-order valence-electron chi connectivity index (χ4n) is 3.49. The third-order valence-corrected chi connectivity index (χ3v) is 6.13. The summed E-state index contributed by atoms with van der Waals surface area (Å²) in [5, 5.41) is 9.60. The number of carbonyl (C=O) groups is 2. The van der Waals surface area contributed by atoms with E-state index in [1.807, 2.05) is 30.3 Å². The van der Waals surface area contributed by atoms with Crippen molar-refractivity contribution < 1.29 is 23.1 Å². The van der Waals surface area contributed by atoms with Crippen LogP contribution in [0, 0.1) is 12.8 Å². The van der Waals surface area contributed by atoms with E-state index in [1.54, 1.807) is 13.0 Å². The predicted octanol–water partition coefficient (Wildman–Crippen LogP) is 2.34. The summed E-state index contributed by atoms with van der Waals surface area (Å²) >= 11 is 0. The summed E-state index contributed by atoms with van der Waals surface area (Å²) < 4.78 is 23.6. The fraction of sp³-hybridized carbons (Fsp3) is 0.300. The maximum absolute atomic E-state index is 13.0. The molecule has 0 spiro atoms. The summed E-state index contributed by atoms with van der Waals surface area (Å²) in [6, 6.07) is 13.7. The van der Waals surface area contributed by atoms with Crippen LogP contribution in [0.1, 0.15) is 27.4 Å². The van der Waals surface area contributed by atoms with Gasteiger partial charge in [-0.3, -0.25) is 9.59 Å². The van der Waals surface area contributed by atoms with Gasteiger partial charge in [-0.25, -0.2) is 8.42 Å². The number of sulfone groups is 1. The van der Waals surface area contributed by atoms with Gasteiger partial charge in [-0.15, -0.1) is 0 Å². The van der Waals surface area contributed by atoms with Gasteiger partial charge in [0.05, 0.1) is 10.8 Å². The van der Waals surface area contributed by atoms with Crippen molar-refractivity contribution in [2.75, 3.05) is 19.3 Å². The van der Waals surface area contributed by atoms with Crippen LogP contribution in [0.5, 0.6) is 0 Å². The molecule has 1 aliphatic heterocycles. The van der Waals surface area contributed by atoms with E-state index >= 15 is 0 Å². The Morgan fingerprint density at radius 1 is 1.07 bits per heavy atom. The minimum Gasteiger partial charge on any atom is -0.481 e. The Hall–Kier alpha value is -2.67. The molecular weight excluding hydrogens is 366 g/mol. The lowest BCUT2D eigenvalue weighted by atomic mass is 9.89. The van der Waals surface area contributed by atoms with Gasteiger partial charge in [-0.1, -0.05) is 36.4 Å². The number of carbonyl (C=O) groups excluding carboxylic acids is 1. The molecular formula is C20H21NO5S. The Kier molecular flexibility index (Phi) is 5.06. The molecule has 1 saturated heterocycles. The van der Waals surface area contributed by atoms with Gasteiger partial charge >= 0.3 is 5.97 Å². The van der Waals surface area contributed by atoms with Crippen LogP contribution in [0.4, 0.5) is 0 Å². The quantitative estimate of drug-likeness (QED) is 0.869. The van der Waals surface area contributed by atoms with Crippen LogP contribution in [-0.4, -0.2) is 49.6 Å². The molecule has 0 radical (unpaired) electrons. The zero-order valence-electron chi connectivity index (χ0n) is 15.1. The van der Waals surface area contributed by atoms with Crippen molar-refractivity contribution in [3.63, 3.8) is 0 Å². The normalized spacial score (nSPS) is 19.9. The minimum absolute atomic E-state index is 0.0741. The molecule has 1 fully saturated rings. The van der Waals surface area contributed by atoms with Crippen LogP contribution in [-0.2, 0) is 14.6 Å². The van der Waals surface area contributed by atoms with E-state index in [2.05, 4.69) is 0 Å². The van der Waals surface area contributed by atoms with Gasteiger partial charge in [0.1, 0.15) is 0 Å². The van der Waals surface area contributed by atoms with E-state index < -0.39 is 21.7 Å². The molecule has 0 bridgehead atoms. The lowest BCUT2D eigenvalue weighted by Gasteiger charge is -2.18. The zero-order chi connectivity index (χ0) is 19.8. The molecule has 27 heavy (non-hydrogen) atoms. The number of nitrogens with zero attached hydrogens (tertiary/aromatic N) is 1. The summed E-state index contributed by atoms with van der Waals surface area (Å²) in [5.41, 5.74) is 1.82. The van der Waals surface area contributed by atoms with Gasteiger partial charge in [0.2, 0.25) is 0 Å². The molecule has 2 atom stereocenters.